The Morgan fingerprint density at radius 1 is 1.25 bits per heavy atom. The van der Waals surface area contributed by atoms with Crippen LogP contribution in [0.3, 0.4) is 0 Å². The molecule has 0 unspecified atom stereocenters. The van der Waals surface area contributed by atoms with Gasteiger partial charge in [-0.15, -0.1) is 0 Å². The molecule has 1 heterocycles. The molecule has 0 bridgehead atoms. The van der Waals surface area contributed by atoms with Gasteiger partial charge in [0, 0.05) is 16.4 Å². The summed E-state index contributed by atoms with van der Waals surface area (Å²) in [6.45, 7) is 0. The molecule has 0 aliphatic carbocycles. The third kappa shape index (κ3) is 2.71. The standard InChI is InChI=1S/C11H7BrClFN2/c12-7-1-4-11(15-6-7)16-8-2-3-10(14)9(13)5-8/h1-6H,(H,15,16). The smallest absolute Gasteiger partial charge is 0.141 e. The molecule has 2 aromatic rings. The molecule has 0 aliphatic heterocycles. The first kappa shape index (κ1) is 11.4. The average Bonchev–Trinajstić information content (AvgIpc) is 2.27. The molecular weight excluding hydrogens is 294 g/mol. The molecule has 1 N–H and O–H groups in total. The van der Waals surface area contributed by atoms with Crippen LogP contribution in [0.2, 0.25) is 5.02 Å². The molecular formula is C11H7BrClFN2. The average molecular weight is 302 g/mol. The van der Waals surface area contributed by atoms with E-state index in [1.165, 1.54) is 12.1 Å². The van der Waals surface area contributed by atoms with E-state index in [1.54, 1.807) is 18.3 Å². The van der Waals surface area contributed by atoms with Crippen LogP contribution in [0.5, 0.6) is 0 Å². The summed E-state index contributed by atoms with van der Waals surface area (Å²) in [4.78, 5) is 4.13. The molecule has 1 aromatic heterocycles. The molecule has 0 radical (unpaired) electrons. The van der Waals surface area contributed by atoms with Crippen LogP contribution in [-0.2, 0) is 0 Å². The predicted octanol–water partition coefficient (Wildman–Crippen LogP) is 4.38. The number of rotatable bonds is 2. The van der Waals surface area contributed by atoms with Crippen LogP contribution in [-0.4, -0.2) is 4.98 Å². The van der Waals surface area contributed by atoms with Crippen molar-refractivity contribution in [3.63, 3.8) is 0 Å². The lowest BCUT2D eigenvalue weighted by atomic mass is 10.3. The Kier molecular flexibility index (Phi) is 3.41. The van der Waals surface area contributed by atoms with Gasteiger partial charge in [-0.2, -0.15) is 0 Å². The zero-order valence-electron chi connectivity index (χ0n) is 8.05. The van der Waals surface area contributed by atoms with Crippen LogP contribution in [0.25, 0.3) is 0 Å². The summed E-state index contributed by atoms with van der Waals surface area (Å²) < 4.78 is 13.8. The molecule has 1 aromatic carbocycles. The third-order valence-corrected chi connectivity index (χ3v) is 2.68. The van der Waals surface area contributed by atoms with Gasteiger partial charge in [-0.25, -0.2) is 9.37 Å². The van der Waals surface area contributed by atoms with Crippen molar-refractivity contribution >= 4 is 39.0 Å². The minimum Gasteiger partial charge on any atom is -0.340 e. The number of anilines is 2. The quantitative estimate of drug-likeness (QED) is 0.890. The second-order valence-corrected chi connectivity index (χ2v) is 4.44. The number of aromatic nitrogens is 1. The van der Waals surface area contributed by atoms with Crippen molar-refractivity contribution in [2.75, 3.05) is 5.32 Å². The van der Waals surface area contributed by atoms with Gasteiger partial charge < -0.3 is 5.32 Å². The molecule has 16 heavy (non-hydrogen) atoms. The number of nitrogens with one attached hydrogen (secondary N) is 1. The Hall–Kier alpha value is -1.13. The van der Waals surface area contributed by atoms with E-state index >= 15 is 0 Å². The largest absolute Gasteiger partial charge is 0.340 e. The second-order valence-electron chi connectivity index (χ2n) is 3.12. The minimum absolute atomic E-state index is 0.0853. The van der Waals surface area contributed by atoms with Gasteiger partial charge in [0.15, 0.2) is 0 Å². The van der Waals surface area contributed by atoms with E-state index in [4.69, 9.17) is 11.6 Å². The van der Waals surface area contributed by atoms with Gasteiger partial charge in [0.25, 0.3) is 0 Å². The summed E-state index contributed by atoms with van der Waals surface area (Å²) in [6, 6.07) is 8.09. The van der Waals surface area contributed by atoms with E-state index in [0.717, 1.165) is 4.47 Å². The van der Waals surface area contributed by atoms with Crippen molar-refractivity contribution in [1.82, 2.24) is 4.98 Å². The molecule has 0 fully saturated rings. The van der Waals surface area contributed by atoms with Crippen molar-refractivity contribution in [3.8, 4) is 0 Å². The Bertz CT molecular complexity index is 502. The lowest BCUT2D eigenvalue weighted by Crippen LogP contribution is -1.93. The second kappa shape index (κ2) is 4.80. The van der Waals surface area contributed by atoms with Crippen LogP contribution in [0.1, 0.15) is 0 Å². The van der Waals surface area contributed by atoms with Gasteiger partial charge in [0.2, 0.25) is 0 Å². The number of hydrogen-bond acceptors (Lipinski definition) is 2. The van der Waals surface area contributed by atoms with Crippen molar-refractivity contribution in [1.29, 1.82) is 0 Å². The van der Waals surface area contributed by atoms with Gasteiger partial charge in [-0.05, 0) is 46.3 Å². The van der Waals surface area contributed by atoms with Crippen molar-refractivity contribution in [2.45, 2.75) is 0 Å². The first-order valence-electron chi connectivity index (χ1n) is 4.49. The zero-order chi connectivity index (χ0) is 11.5. The lowest BCUT2D eigenvalue weighted by Gasteiger charge is -2.05. The van der Waals surface area contributed by atoms with E-state index < -0.39 is 5.82 Å². The van der Waals surface area contributed by atoms with Crippen LogP contribution in [0.15, 0.2) is 41.0 Å². The highest BCUT2D eigenvalue weighted by Crippen LogP contribution is 2.22. The highest BCUT2D eigenvalue weighted by molar-refractivity contribution is 9.10. The highest BCUT2D eigenvalue weighted by Gasteiger charge is 2.01. The lowest BCUT2D eigenvalue weighted by molar-refractivity contribution is 0.628. The summed E-state index contributed by atoms with van der Waals surface area (Å²) in [5, 5.41) is 3.10. The fraction of sp³-hybridized carbons (Fsp3) is 0. The topological polar surface area (TPSA) is 24.9 Å². The number of nitrogens with zero attached hydrogens (tertiary/aromatic N) is 1. The van der Waals surface area contributed by atoms with Crippen molar-refractivity contribution in [2.24, 2.45) is 0 Å². The Labute approximate surface area is 106 Å². The minimum atomic E-state index is -0.434. The van der Waals surface area contributed by atoms with Crippen LogP contribution < -0.4 is 5.32 Å². The van der Waals surface area contributed by atoms with Gasteiger partial charge in [-0.1, -0.05) is 11.6 Å². The monoisotopic (exact) mass is 300 g/mol. The Morgan fingerprint density at radius 3 is 2.69 bits per heavy atom. The van der Waals surface area contributed by atoms with E-state index in [-0.39, 0.29) is 5.02 Å². The maximum Gasteiger partial charge on any atom is 0.141 e. The molecule has 5 heteroatoms. The molecule has 0 saturated carbocycles. The number of benzene rings is 1. The molecule has 0 amide bonds. The maximum absolute atomic E-state index is 12.9. The van der Waals surface area contributed by atoms with Crippen LogP contribution >= 0.6 is 27.5 Å². The molecule has 2 nitrogen and oxygen atoms in total. The maximum atomic E-state index is 12.9. The molecule has 82 valence electrons. The molecule has 0 atom stereocenters. The summed E-state index contributed by atoms with van der Waals surface area (Å²) in [7, 11) is 0. The Balaban J connectivity index is 2.20. The number of halogens is 3. The first-order chi connectivity index (χ1) is 7.65. The van der Waals surface area contributed by atoms with Gasteiger partial charge >= 0.3 is 0 Å². The molecule has 0 aliphatic rings. The van der Waals surface area contributed by atoms with E-state index in [9.17, 15) is 4.39 Å². The summed E-state index contributed by atoms with van der Waals surface area (Å²) >= 11 is 8.95. The fourth-order valence-corrected chi connectivity index (χ4v) is 1.59. The third-order valence-electron chi connectivity index (χ3n) is 1.92. The van der Waals surface area contributed by atoms with Crippen molar-refractivity contribution in [3.05, 3.63) is 51.8 Å². The molecule has 0 spiro atoms. The van der Waals surface area contributed by atoms with Crippen LogP contribution in [0.4, 0.5) is 15.9 Å². The summed E-state index contributed by atoms with van der Waals surface area (Å²) in [5.41, 5.74) is 0.696. The zero-order valence-corrected chi connectivity index (χ0v) is 10.4. The van der Waals surface area contributed by atoms with Gasteiger partial charge in [-0.3, -0.25) is 0 Å². The Morgan fingerprint density at radius 2 is 2.06 bits per heavy atom. The van der Waals surface area contributed by atoms with E-state index in [0.29, 0.717) is 11.5 Å². The predicted molar refractivity (Wildman–Crippen MR) is 66.6 cm³/mol. The normalized spacial score (nSPS) is 10.2. The van der Waals surface area contributed by atoms with Crippen LogP contribution in [0, 0.1) is 5.82 Å². The molecule has 0 saturated heterocycles. The highest BCUT2D eigenvalue weighted by atomic mass is 79.9. The van der Waals surface area contributed by atoms with Gasteiger partial charge in [0.05, 0.1) is 5.02 Å². The number of hydrogen-bond donors (Lipinski definition) is 1. The van der Waals surface area contributed by atoms with E-state index in [2.05, 4.69) is 26.2 Å². The fourth-order valence-electron chi connectivity index (χ4n) is 1.17. The summed E-state index contributed by atoms with van der Waals surface area (Å²) in [5.74, 6) is 0.238. The molecule has 2 rings (SSSR count). The van der Waals surface area contributed by atoms with Crippen molar-refractivity contribution < 1.29 is 4.39 Å². The van der Waals surface area contributed by atoms with Gasteiger partial charge in [0.1, 0.15) is 11.6 Å². The first-order valence-corrected chi connectivity index (χ1v) is 5.66. The van der Waals surface area contributed by atoms with E-state index in [1.807, 2.05) is 6.07 Å². The number of pyridine rings is 1. The SMILES string of the molecule is Fc1ccc(Nc2ccc(Br)cn2)cc1Cl. The summed E-state index contributed by atoms with van der Waals surface area (Å²) in [6.07, 6.45) is 1.67.